The summed E-state index contributed by atoms with van der Waals surface area (Å²) in [7, 11) is 0. The SMILES string of the molecule is CC(C)(C)C[C@H]1C[C@H](NC(=O)O)CN1. The summed E-state index contributed by atoms with van der Waals surface area (Å²) in [6, 6.07) is 0.534. The fraction of sp³-hybridized carbons (Fsp3) is 0.900. The molecule has 0 aliphatic carbocycles. The van der Waals surface area contributed by atoms with E-state index in [1.165, 1.54) is 0 Å². The van der Waals surface area contributed by atoms with Crippen molar-refractivity contribution in [1.29, 1.82) is 0 Å². The van der Waals surface area contributed by atoms with Crippen LogP contribution in [0.25, 0.3) is 0 Å². The lowest BCUT2D eigenvalue weighted by Crippen LogP contribution is -2.34. The highest BCUT2D eigenvalue weighted by Gasteiger charge is 2.28. The Morgan fingerprint density at radius 3 is 2.71 bits per heavy atom. The molecule has 0 saturated carbocycles. The van der Waals surface area contributed by atoms with E-state index in [0.717, 1.165) is 19.4 Å². The first kappa shape index (κ1) is 11.3. The topological polar surface area (TPSA) is 61.4 Å². The van der Waals surface area contributed by atoms with E-state index in [-0.39, 0.29) is 6.04 Å². The standard InChI is InChI=1S/C10H20N2O2/c1-10(2,3)5-7-4-8(6-11-7)12-9(13)14/h7-8,11-12H,4-6H2,1-3H3,(H,13,14)/t7-,8+/m1/s1. The van der Waals surface area contributed by atoms with E-state index in [2.05, 4.69) is 31.4 Å². The summed E-state index contributed by atoms with van der Waals surface area (Å²) in [5.74, 6) is 0. The minimum Gasteiger partial charge on any atom is -0.465 e. The van der Waals surface area contributed by atoms with E-state index in [9.17, 15) is 4.79 Å². The minimum atomic E-state index is -0.923. The molecule has 0 aromatic rings. The Kier molecular flexibility index (Phi) is 3.37. The highest BCUT2D eigenvalue weighted by Crippen LogP contribution is 2.24. The molecule has 82 valence electrons. The number of nitrogens with one attached hydrogen (secondary N) is 2. The van der Waals surface area contributed by atoms with Crippen LogP contribution in [0.4, 0.5) is 4.79 Å². The van der Waals surface area contributed by atoms with Crippen molar-refractivity contribution >= 4 is 6.09 Å². The lowest BCUT2D eigenvalue weighted by molar-refractivity contribution is 0.190. The molecule has 0 spiro atoms. The maximum Gasteiger partial charge on any atom is 0.404 e. The van der Waals surface area contributed by atoms with Crippen LogP contribution in [0, 0.1) is 5.41 Å². The third kappa shape index (κ3) is 3.96. The Balaban J connectivity index is 2.31. The van der Waals surface area contributed by atoms with Gasteiger partial charge in [-0.05, 0) is 18.3 Å². The van der Waals surface area contributed by atoms with Crippen molar-refractivity contribution in [1.82, 2.24) is 10.6 Å². The molecule has 1 saturated heterocycles. The molecule has 4 nitrogen and oxygen atoms in total. The number of hydrogen-bond acceptors (Lipinski definition) is 2. The molecular formula is C10H20N2O2. The molecule has 0 bridgehead atoms. The van der Waals surface area contributed by atoms with Gasteiger partial charge in [0.1, 0.15) is 0 Å². The maximum absolute atomic E-state index is 10.4. The van der Waals surface area contributed by atoms with Gasteiger partial charge in [0.05, 0.1) is 0 Å². The molecular weight excluding hydrogens is 180 g/mol. The normalized spacial score (nSPS) is 27.6. The molecule has 1 heterocycles. The van der Waals surface area contributed by atoms with Crippen molar-refractivity contribution in [3.8, 4) is 0 Å². The molecule has 0 radical (unpaired) electrons. The van der Waals surface area contributed by atoms with Crippen molar-refractivity contribution in [3.63, 3.8) is 0 Å². The number of rotatable bonds is 2. The summed E-state index contributed by atoms with van der Waals surface area (Å²) >= 11 is 0. The summed E-state index contributed by atoms with van der Waals surface area (Å²) < 4.78 is 0. The molecule has 1 amide bonds. The van der Waals surface area contributed by atoms with Crippen LogP contribution >= 0.6 is 0 Å². The van der Waals surface area contributed by atoms with Gasteiger partial charge in [-0.15, -0.1) is 0 Å². The third-order valence-corrected chi connectivity index (χ3v) is 2.41. The number of carbonyl (C=O) groups is 1. The molecule has 2 atom stereocenters. The number of amides is 1. The van der Waals surface area contributed by atoms with E-state index in [1.54, 1.807) is 0 Å². The molecule has 1 aliphatic heterocycles. The van der Waals surface area contributed by atoms with E-state index in [4.69, 9.17) is 5.11 Å². The van der Waals surface area contributed by atoms with Crippen molar-refractivity contribution in [2.24, 2.45) is 5.41 Å². The minimum absolute atomic E-state index is 0.0832. The fourth-order valence-electron chi connectivity index (χ4n) is 2.00. The molecule has 0 aromatic heterocycles. The monoisotopic (exact) mass is 200 g/mol. The molecule has 1 aliphatic rings. The second kappa shape index (κ2) is 4.17. The first-order valence-electron chi connectivity index (χ1n) is 5.10. The highest BCUT2D eigenvalue weighted by molar-refractivity contribution is 5.64. The van der Waals surface area contributed by atoms with Gasteiger partial charge < -0.3 is 15.7 Å². The lowest BCUT2D eigenvalue weighted by Gasteiger charge is -2.22. The Hall–Kier alpha value is -0.770. The van der Waals surface area contributed by atoms with Crippen LogP contribution in [0.3, 0.4) is 0 Å². The van der Waals surface area contributed by atoms with E-state index < -0.39 is 6.09 Å². The van der Waals surface area contributed by atoms with Crippen molar-refractivity contribution in [3.05, 3.63) is 0 Å². The third-order valence-electron chi connectivity index (χ3n) is 2.41. The van der Waals surface area contributed by atoms with Gasteiger partial charge in [0.15, 0.2) is 0 Å². The van der Waals surface area contributed by atoms with E-state index >= 15 is 0 Å². The van der Waals surface area contributed by atoms with E-state index in [1.807, 2.05) is 0 Å². The molecule has 4 heteroatoms. The van der Waals surface area contributed by atoms with Crippen molar-refractivity contribution in [2.75, 3.05) is 6.54 Å². The molecule has 14 heavy (non-hydrogen) atoms. The van der Waals surface area contributed by atoms with Crippen LogP contribution in [0.5, 0.6) is 0 Å². The zero-order valence-electron chi connectivity index (χ0n) is 9.13. The number of carboxylic acid groups (broad SMARTS) is 1. The summed E-state index contributed by atoms with van der Waals surface area (Å²) in [6.07, 6.45) is 1.07. The average molecular weight is 200 g/mol. The summed E-state index contributed by atoms with van der Waals surface area (Å²) in [4.78, 5) is 10.4. The van der Waals surface area contributed by atoms with Gasteiger partial charge in [-0.1, -0.05) is 20.8 Å². The van der Waals surface area contributed by atoms with Crippen LogP contribution in [0.2, 0.25) is 0 Å². The van der Waals surface area contributed by atoms with Gasteiger partial charge in [-0.2, -0.15) is 0 Å². The Morgan fingerprint density at radius 2 is 2.21 bits per heavy atom. The fourth-order valence-corrected chi connectivity index (χ4v) is 2.00. The second-order valence-electron chi connectivity index (χ2n) is 5.25. The zero-order valence-corrected chi connectivity index (χ0v) is 9.13. The maximum atomic E-state index is 10.4. The van der Waals surface area contributed by atoms with E-state index in [0.29, 0.717) is 11.5 Å². The van der Waals surface area contributed by atoms with Crippen LogP contribution in [0.1, 0.15) is 33.6 Å². The molecule has 1 fully saturated rings. The van der Waals surface area contributed by atoms with Gasteiger partial charge in [0.25, 0.3) is 0 Å². The predicted molar refractivity (Wildman–Crippen MR) is 55.4 cm³/mol. The van der Waals surface area contributed by atoms with Crippen LogP contribution in [0.15, 0.2) is 0 Å². The Bertz CT molecular complexity index is 211. The Labute approximate surface area is 85.1 Å². The summed E-state index contributed by atoms with van der Waals surface area (Å²) in [6.45, 7) is 7.36. The molecule has 3 N–H and O–H groups in total. The van der Waals surface area contributed by atoms with Crippen molar-refractivity contribution < 1.29 is 9.90 Å². The first-order chi connectivity index (χ1) is 6.37. The first-order valence-corrected chi connectivity index (χ1v) is 5.10. The van der Waals surface area contributed by atoms with Crippen LogP contribution in [-0.2, 0) is 0 Å². The zero-order chi connectivity index (χ0) is 10.8. The van der Waals surface area contributed by atoms with Gasteiger partial charge >= 0.3 is 6.09 Å². The molecule has 1 rings (SSSR count). The van der Waals surface area contributed by atoms with Gasteiger partial charge in [-0.3, -0.25) is 0 Å². The largest absolute Gasteiger partial charge is 0.465 e. The van der Waals surface area contributed by atoms with Gasteiger partial charge in [-0.25, -0.2) is 4.79 Å². The van der Waals surface area contributed by atoms with Gasteiger partial charge in [0.2, 0.25) is 0 Å². The summed E-state index contributed by atoms with van der Waals surface area (Å²) in [5.41, 5.74) is 0.301. The second-order valence-corrected chi connectivity index (χ2v) is 5.25. The van der Waals surface area contributed by atoms with Crippen LogP contribution in [-0.4, -0.2) is 29.8 Å². The average Bonchev–Trinajstić information content (AvgIpc) is 2.30. The smallest absolute Gasteiger partial charge is 0.404 e. The quantitative estimate of drug-likeness (QED) is 0.631. The highest BCUT2D eigenvalue weighted by atomic mass is 16.4. The molecule has 0 unspecified atom stereocenters. The number of hydrogen-bond donors (Lipinski definition) is 3. The summed E-state index contributed by atoms with van der Waals surface area (Å²) in [5, 5.41) is 14.4. The van der Waals surface area contributed by atoms with Crippen molar-refractivity contribution in [2.45, 2.75) is 45.7 Å². The van der Waals surface area contributed by atoms with Crippen LogP contribution < -0.4 is 10.6 Å². The predicted octanol–water partition coefficient (Wildman–Crippen LogP) is 1.42. The van der Waals surface area contributed by atoms with Gasteiger partial charge in [0, 0.05) is 18.6 Å². The Morgan fingerprint density at radius 1 is 1.57 bits per heavy atom. The lowest BCUT2D eigenvalue weighted by atomic mass is 9.87. The molecule has 0 aromatic carbocycles.